The van der Waals surface area contributed by atoms with E-state index in [2.05, 4.69) is 11.2 Å². The number of carbonyl (C=O) groups is 1. The molecular formula is C27H28N4O4. The van der Waals surface area contributed by atoms with Crippen LogP contribution in [-0.2, 0) is 16.0 Å². The SMILES string of the molecule is CC(C)n1cc2c(n1)[C@]1(O)[C@H](O)[C@H](C(=O)N(C)C)[C@@H](c3ccccc3)[C@]1(c1ccc(C#N)cc1)O2. The second-order valence-electron chi connectivity index (χ2n) is 9.80. The summed E-state index contributed by atoms with van der Waals surface area (Å²) < 4.78 is 8.34. The van der Waals surface area contributed by atoms with E-state index >= 15 is 0 Å². The standard InChI is InChI=1S/C27H28N4O4/c1-16(2)31-15-20-23(29-31)26(34)24(32)21(25(33)30(3)4)22(18-8-6-5-7-9-18)27(26,35-20)19-12-10-17(14-28)11-13-19/h5-13,15-16,21-22,24,32,34H,1-4H3/t21-,22-,24-,26+,27+/m1/s1. The van der Waals surface area contributed by atoms with Gasteiger partial charge in [0.2, 0.25) is 5.91 Å². The predicted molar refractivity (Wildman–Crippen MR) is 127 cm³/mol. The first kappa shape index (κ1) is 23.1. The van der Waals surface area contributed by atoms with Crippen LogP contribution in [0, 0.1) is 17.2 Å². The summed E-state index contributed by atoms with van der Waals surface area (Å²) in [7, 11) is 3.26. The van der Waals surface area contributed by atoms with E-state index < -0.39 is 29.1 Å². The number of nitriles is 1. The Kier molecular flexibility index (Phi) is 5.24. The lowest BCUT2D eigenvalue weighted by molar-refractivity contribution is -0.158. The molecule has 5 rings (SSSR count). The number of aromatic nitrogens is 2. The Labute approximate surface area is 204 Å². The van der Waals surface area contributed by atoms with Crippen LogP contribution in [0.2, 0.25) is 0 Å². The number of fused-ring (bicyclic) bond motifs is 3. The van der Waals surface area contributed by atoms with Crippen molar-refractivity contribution in [3.8, 4) is 11.8 Å². The van der Waals surface area contributed by atoms with E-state index in [1.54, 1.807) is 49.2 Å². The maximum absolute atomic E-state index is 13.5. The summed E-state index contributed by atoms with van der Waals surface area (Å²) in [4.78, 5) is 15.0. The molecule has 8 heteroatoms. The van der Waals surface area contributed by atoms with E-state index in [-0.39, 0.29) is 17.6 Å². The molecule has 1 fully saturated rings. The quantitative estimate of drug-likeness (QED) is 0.604. The Bertz CT molecular complexity index is 1310. The van der Waals surface area contributed by atoms with E-state index in [9.17, 15) is 20.3 Å². The summed E-state index contributed by atoms with van der Waals surface area (Å²) >= 11 is 0. The van der Waals surface area contributed by atoms with E-state index in [1.165, 1.54) is 4.90 Å². The van der Waals surface area contributed by atoms with Crippen LogP contribution in [0.3, 0.4) is 0 Å². The monoisotopic (exact) mass is 472 g/mol. The second-order valence-corrected chi connectivity index (χ2v) is 9.80. The molecule has 0 saturated heterocycles. The summed E-state index contributed by atoms with van der Waals surface area (Å²) in [6, 6.07) is 18.2. The Morgan fingerprint density at radius 3 is 2.40 bits per heavy atom. The van der Waals surface area contributed by atoms with Gasteiger partial charge in [-0.1, -0.05) is 42.5 Å². The van der Waals surface area contributed by atoms with Crippen LogP contribution in [0.4, 0.5) is 0 Å². The van der Waals surface area contributed by atoms with Crippen molar-refractivity contribution in [3.63, 3.8) is 0 Å². The highest BCUT2D eigenvalue weighted by Crippen LogP contribution is 2.68. The molecule has 2 aliphatic rings. The zero-order chi connectivity index (χ0) is 25.1. The summed E-state index contributed by atoms with van der Waals surface area (Å²) in [5, 5.41) is 38.3. The summed E-state index contributed by atoms with van der Waals surface area (Å²) in [5.74, 6) is -1.71. The van der Waals surface area contributed by atoms with Crippen molar-refractivity contribution in [2.45, 2.75) is 43.1 Å². The molecule has 180 valence electrons. The molecule has 1 amide bonds. The smallest absolute Gasteiger partial charge is 0.228 e. The first-order valence-electron chi connectivity index (χ1n) is 11.6. The fourth-order valence-electron chi connectivity index (χ4n) is 5.69. The van der Waals surface area contributed by atoms with Gasteiger partial charge in [-0.25, -0.2) is 0 Å². The summed E-state index contributed by atoms with van der Waals surface area (Å²) in [5.41, 5.74) is -1.62. The lowest BCUT2D eigenvalue weighted by atomic mass is 9.71. The molecule has 1 aromatic heterocycles. The Morgan fingerprint density at radius 2 is 1.83 bits per heavy atom. The minimum Gasteiger partial charge on any atom is -0.475 e. The number of rotatable bonds is 4. The zero-order valence-corrected chi connectivity index (χ0v) is 20.1. The third kappa shape index (κ3) is 2.98. The fourth-order valence-corrected chi connectivity index (χ4v) is 5.69. The lowest BCUT2D eigenvalue weighted by Crippen LogP contribution is -2.52. The van der Waals surface area contributed by atoms with Crippen molar-refractivity contribution >= 4 is 5.91 Å². The highest BCUT2D eigenvalue weighted by Gasteiger charge is 2.78. The number of amides is 1. The number of nitrogens with zero attached hydrogens (tertiary/aromatic N) is 4. The maximum Gasteiger partial charge on any atom is 0.228 e. The van der Waals surface area contributed by atoms with Gasteiger partial charge in [0.25, 0.3) is 0 Å². The molecule has 3 aromatic rings. The van der Waals surface area contributed by atoms with E-state index in [0.29, 0.717) is 16.9 Å². The summed E-state index contributed by atoms with van der Waals surface area (Å²) in [6.45, 7) is 3.91. The first-order valence-corrected chi connectivity index (χ1v) is 11.6. The van der Waals surface area contributed by atoms with Crippen molar-refractivity contribution in [2.24, 2.45) is 5.92 Å². The second kappa shape index (κ2) is 7.94. The molecule has 0 unspecified atom stereocenters. The molecule has 1 saturated carbocycles. The first-order chi connectivity index (χ1) is 16.7. The van der Waals surface area contributed by atoms with E-state index in [0.717, 1.165) is 5.56 Å². The molecule has 0 bridgehead atoms. The number of aliphatic hydroxyl groups is 2. The predicted octanol–water partition coefficient (Wildman–Crippen LogP) is 2.67. The average molecular weight is 473 g/mol. The van der Waals surface area contributed by atoms with Crippen molar-refractivity contribution in [1.29, 1.82) is 5.26 Å². The van der Waals surface area contributed by atoms with E-state index in [1.807, 2.05) is 44.2 Å². The maximum atomic E-state index is 13.5. The van der Waals surface area contributed by atoms with Crippen molar-refractivity contribution < 1.29 is 19.7 Å². The van der Waals surface area contributed by atoms with Gasteiger partial charge < -0.3 is 19.8 Å². The minimum atomic E-state index is -2.02. The van der Waals surface area contributed by atoms with Gasteiger partial charge in [0.05, 0.1) is 23.7 Å². The van der Waals surface area contributed by atoms with Gasteiger partial charge in [-0.3, -0.25) is 9.48 Å². The molecular weight excluding hydrogens is 444 g/mol. The van der Waals surface area contributed by atoms with Crippen LogP contribution in [0.5, 0.6) is 5.75 Å². The zero-order valence-electron chi connectivity index (χ0n) is 20.1. The topological polar surface area (TPSA) is 112 Å². The Hall–Kier alpha value is -3.67. The molecule has 1 aliphatic carbocycles. The average Bonchev–Trinajstić information content (AvgIpc) is 3.44. The molecule has 0 radical (unpaired) electrons. The molecule has 2 N–H and O–H groups in total. The van der Waals surface area contributed by atoms with Crippen molar-refractivity contribution in [2.75, 3.05) is 14.1 Å². The Balaban J connectivity index is 1.83. The molecule has 5 atom stereocenters. The number of ether oxygens (including phenoxy) is 1. The molecule has 35 heavy (non-hydrogen) atoms. The summed E-state index contributed by atoms with van der Waals surface area (Å²) in [6.07, 6.45) is 0.217. The third-order valence-electron chi connectivity index (χ3n) is 7.32. The van der Waals surface area contributed by atoms with Gasteiger partial charge in [0.15, 0.2) is 17.0 Å². The lowest BCUT2D eigenvalue weighted by Gasteiger charge is -2.40. The largest absolute Gasteiger partial charge is 0.475 e. The minimum absolute atomic E-state index is 0.000202. The van der Waals surface area contributed by atoms with Crippen LogP contribution in [0.15, 0.2) is 60.8 Å². The van der Waals surface area contributed by atoms with Crippen LogP contribution in [0.25, 0.3) is 0 Å². The van der Waals surface area contributed by atoms with Crippen LogP contribution in [-0.4, -0.2) is 51.0 Å². The molecule has 0 spiro atoms. The van der Waals surface area contributed by atoms with Crippen LogP contribution >= 0.6 is 0 Å². The molecule has 2 aromatic carbocycles. The third-order valence-corrected chi connectivity index (χ3v) is 7.32. The Morgan fingerprint density at radius 1 is 1.17 bits per heavy atom. The van der Waals surface area contributed by atoms with Gasteiger partial charge in [0.1, 0.15) is 11.8 Å². The highest BCUT2D eigenvalue weighted by molar-refractivity contribution is 5.82. The van der Waals surface area contributed by atoms with Gasteiger partial charge in [-0.15, -0.1) is 0 Å². The normalized spacial score (nSPS) is 28.8. The number of aliphatic hydroxyl groups excluding tert-OH is 1. The van der Waals surface area contributed by atoms with Crippen molar-refractivity contribution in [3.05, 3.63) is 83.2 Å². The number of carbonyl (C=O) groups excluding carboxylic acids is 1. The van der Waals surface area contributed by atoms with Gasteiger partial charge in [-0.05, 0) is 37.1 Å². The molecule has 2 heterocycles. The van der Waals surface area contributed by atoms with Crippen molar-refractivity contribution in [1.82, 2.24) is 14.7 Å². The van der Waals surface area contributed by atoms with Gasteiger partial charge >= 0.3 is 0 Å². The number of benzene rings is 2. The van der Waals surface area contributed by atoms with Crippen LogP contribution in [0.1, 0.15) is 48.2 Å². The molecule has 1 aliphatic heterocycles. The van der Waals surface area contributed by atoms with E-state index in [4.69, 9.17) is 4.74 Å². The number of hydrogen-bond donors (Lipinski definition) is 2. The molecule has 8 nitrogen and oxygen atoms in total. The fraction of sp³-hybridized carbons (Fsp3) is 0.370. The highest BCUT2D eigenvalue weighted by atomic mass is 16.5. The van der Waals surface area contributed by atoms with Gasteiger partial charge in [0, 0.05) is 26.1 Å². The number of hydrogen-bond acceptors (Lipinski definition) is 6. The van der Waals surface area contributed by atoms with Crippen LogP contribution < -0.4 is 4.74 Å². The van der Waals surface area contributed by atoms with Gasteiger partial charge in [-0.2, -0.15) is 10.4 Å².